The largest absolute Gasteiger partial charge is 0.489 e. The Morgan fingerprint density at radius 2 is 1.64 bits per heavy atom. The molecule has 0 fully saturated rings. The zero-order valence-electron chi connectivity index (χ0n) is 13.0. The molecule has 0 aromatic heterocycles. The average Bonchev–Trinajstić information content (AvgIpc) is 2.55. The van der Waals surface area contributed by atoms with Crippen molar-refractivity contribution in [3.8, 4) is 5.75 Å². The second-order valence-electron chi connectivity index (χ2n) is 4.94. The molecule has 2 rings (SSSR count). The molecule has 0 heterocycles. The Hall–Kier alpha value is -1.55. The van der Waals surface area contributed by atoms with E-state index in [1.807, 2.05) is 30.3 Å². The van der Waals surface area contributed by atoms with Crippen LogP contribution >= 0.6 is 12.4 Å². The first-order valence-corrected chi connectivity index (χ1v) is 7.34. The molecule has 0 saturated heterocycles. The minimum Gasteiger partial charge on any atom is -0.489 e. The summed E-state index contributed by atoms with van der Waals surface area (Å²) in [6.45, 7) is 3.26. The van der Waals surface area contributed by atoms with Gasteiger partial charge in [-0.2, -0.15) is 0 Å². The summed E-state index contributed by atoms with van der Waals surface area (Å²) in [5.41, 5.74) is 2.45. The van der Waals surface area contributed by atoms with Crippen LogP contribution in [-0.2, 0) is 17.9 Å². The van der Waals surface area contributed by atoms with Crippen LogP contribution in [0.2, 0.25) is 0 Å². The molecule has 2 aromatic carbocycles. The van der Waals surface area contributed by atoms with Crippen LogP contribution in [-0.4, -0.2) is 20.3 Å². The fourth-order valence-electron chi connectivity index (χ4n) is 2.02. The predicted molar refractivity (Wildman–Crippen MR) is 92.7 cm³/mol. The molecular weight excluding hydrogens is 298 g/mol. The SMILES string of the molecule is COCCCNCc1ccc(OCc2ccccc2)cc1.Cl. The lowest BCUT2D eigenvalue weighted by Crippen LogP contribution is -2.15. The van der Waals surface area contributed by atoms with E-state index >= 15 is 0 Å². The predicted octanol–water partition coefficient (Wildman–Crippen LogP) is 3.81. The van der Waals surface area contributed by atoms with E-state index in [-0.39, 0.29) is 12.4 Å². The molecule has 3 nitrogen and oxygen atoms in total. The summed E-state index contributed by atoms with van der Waals surface area (Å²) >= 11 is 0. The van der Waals surface area contributed by atoms with Crippen molar-refractivity contribution in [1.82, 2.24) is 5.32 Å². The lowest BCUT2D eigenvalue weighted by molar-refractivity contribution is 0.194. The van der Waals surface area contributed by atoms with Crippen molar-refractivity contribution in [3.63, 3.8) is 0 Å². The van der Waals surface area contributed by atoms with Crippen molar-refractivity contribution in [2.75, 3.05) is 20.3 Å². The van der Waals surface area contributed by atoms with E-state index in [9.17, 15) is 0 Å². The molecule has 0 aliphatic heterocycles. The molecule has 0 bridgehead atoms. The fourth-order valence-corrected chi connectivity index (χ4v) is 2.02. The molecule has 4 heteroatoms. The van der Waals surface area contributed by atoms with Gasteiger partial charge in [-0.3, -0.25) is 0 Å². The second-order valence-corrected chi connectivity index (χ2v) is 4.94. The molecule has 0 atom stereocenters. The summed E-state index contributed by atoms with van der Waals surface area (Å²) in [6.07, 6.45) is 1.04. The lowest BCUT2D eigenvalue weighted by atomic mass is 10.2. The van der Waals surface area contributed by atoms with Crippen LogP contribution in [0.3, 0.4) is 0 Å². The van der Waals surface area contributed by atoms with Crippen LogP contribution in [0.1, 0.15) is 17.5 Å². The maximum Gasteiger partial charge on any atom is 0.119 e. The van der Waals surface area contributed by atoms with E-state index in [0.29, 0.717) is 6.61 Å². The van der Waals surface area contributed by atoms with Crippen LogP contribution < -0.4 is 10.1 Å². The van der Waals surface area contributed by atoms with Crippen molar-refractivity contribution in [2.45, 2.75) is 19.6 Å². The third-order valence-electron chi connectivity index (χ3n) is 3.20. The standard InChI is InChI=1S/C18H23NO2.ClH/c1-20-13-5-12-19-14-16-8-10-18(11-9-16)21-15-17-6-3-2-4-7-17;/h2-4,6-11,19H,5,12-15H2,1H3;1H. The minimum absolute atomic E-state index is 0. The highest BCUT2D eigenvalue weighted by molar-refractivity contribution is 5.85. The van der Waals surface area contributed by atoms with Crippen molar-refractivity contribution < 1.29 is 9.47 Å². The summed E-state index contributed by atoms with van der Waals surface area (Å²) in [4.78, 5) is 0. The molecule has 2 aromatic rings. The molecule has 0 spiro atoms. The van der Waals surface area contributed by atoms with Gasteiger partial charge in [0.25, 0.3) is 0 Å². The molecule has 0 amide bonds. The number of halogens is 1. The molecule has 0 aliphatic carbocycles. The van der Waals surface area contributed by atoms with Gasteiger partial charge in [0.05, 0.1) is 0 Å². The molecule has 1 N–H and O–H groups in total. The van der Waals surface area contributed by atoms with Gasteiger partial charge in [-0.15, -0.1) is 12.4 Å². The highest BCUT2D eigenvalue weighted by Gasteiger charge is 1.97. The molecule has 120 valence electrons. The highest BCUT2D eigenvalue weighted by atomic mass is 35.5. The molecule has 0 unspecified atom stereocenters. The van der Waals surface area contributed by atoms with Gasteiger partial charge >= 0.3 is 0 Å². The van der Waals surface area contributed by atoms with E-state index in [1.165, 1.54) is 11.1 Å². The van der Waals surface area contributed by atoms with Crippen LogP contribution in [0, 0.1) is 0 Å². The molecule has 0 aliphatic rings. The van der Waals surface area contributed by atoms with Crippen LogP contribution in [0.15, 0.2) is 54.6 Å². The zero-order valence-corrected chi connectivity index (χ0v) is 13.8. The Labute approximate surface area is 139 Å². The van der Waals surface area contributed by atoms with Gasteiger partial charge in [-0.1, -0.05) is 42.5 Å². The van der Waals surface area contributed by atoms with E-state index in [1.54, 1.807) is 7.11 Å². The monoisotopic (exact) mass is 321 g/mol. The number of rotatable bonds is 9. The number of hydrogen-bond donors (Lipinski definition) is 1. The van der Waals surface area contributed by atoms with Gasteiger partial charge in [0.1, 0.15) is 12.4 Å². The number of benzene rings is 2. The third kappa shape index (κ3) is 6.94. The van der Waals surface area contributed by atoms with Gasteiger partial charge < -0.3 is 14.8 Å². The number of hydrogen-bond acceptors (Lipinski definition) is 3. The normalized spacial score (nSPS) is 10.0. The Morgan fingerprint density at radius 1 is 0.909 bits per heavy atom. The number of nitrogens with one attached hydrogen (secondary N) is 1. The number of methoxy groups -OCH3 is 1. The Morgan fingerprint density at radius 3 is 2.32 bits per heavy atom. The molecular formula is C18H24ClNO2. The first kappa shape index (κ1) is 18.5. The second kappa shape index (κ2) is 11.1. The van der Waals surface area contributed by atoms with Gasteiger partial charge in [-0.25, -0.2) is 0 Å². The summed E-state index contributed by atoms with van der Waals surface area (Å²) < 4.78 is 10.8. The summed E-state index contributed by atoms with van der Waals surface area (Å²) in [5, 5.41) is 3.39. The topological polar surface area (TPSA) is 30.5 Å². The highest BCUT2D eigenvalue weighted by Crippen LogP contribution is 2.14. The average molecular weight is 322 g/mol. The van der Waals surface area contributed by atoms with Crippen LogP contribution in [0.5, 0.6) is 5.75 Å². The van der Waals surface area contributed by atoms with Crippen molar-refractivity contribution in [3.05, 3.63) is 65.7 Å². The molecule has 22 heavy (non-hydrogen) atoms. The van der Waals surface area contributed by atoms with Crippen molar-refractivity contribution >= 4 is 12.4 Å². The van der Waals surface area contributed by atoms with Crippen LogP contribution in [0.25, 0.3) is 0 Å². The van der Waals surface area contributed by atoms with E-state index in [0.717, 1.165) is 31.9 Å². The lowest BCUT2D eigenvalue weighted by Gasteiger charge is -2.08. The van der Waals surface area contributed by atoms with Gasteiger partial charge in [0.2, 0.25) is 0 Å². The Balaban J connectivity index is 0.00000242. The van der Waals surface area contributed by atoms with Crippen molar-refractivity contribution in [2.24, 2.45) is 0 Å². The maximum atomic E-state index is 5.77. The summed E-state index contributed by atoms with van der Waals surface area (Å²) in [5.74, 6) is 0.905. The van der Waals surface area contributed by atoms with E-state index < -0.39 is 0 Å². The third-order valence-corrected chi connectivity index (χ3v) is 3.20. The van der Waals surface area contributed by atoms with Gasteiger partial charge in [0.15, 0.2) is 0 Å². The quantitative estimate of drug-likeness (QED) is 0.712. The molecule has 0 radical (unpaired) electrons. The fraction of sp³-hybridized carbons (Fsp3) is 0.333. The number of ether oxygens (including phenoxy) is 2. The minimum atomic E-state index is 0. The zero-order chi connectivity index (χ0) is 14.8. The van der Waals surface area contributed by atoms with Gasteiger partial charge in [0, 0.05) is 20.3 Å². The van der Waals surface area contributed by atoms with E-state index in [4.69, 9.17) is 9.47 Å². The smallest absolute Gasteiger partial charge is 0.119 e. The first-order chi connectivity index (χ1) is 10.4. The Kier molecular flexibility index (Phi) is 9.31. The van der Waals surface area contributed by atoms with E-state index in [2.05, 4.69) is 29.6 Å². The maximum absolute atomic E-state index is 5.77. The van der Waals surface area contributed by atoms with Gasteiger partial charge in [-0.05, 0) is 36.2 Å². The Bertz CT molecular complexity index is 502. The first-order valence-electron chi connectivity index (χ1n) is 7.34. The van der Waals surface area contributed by atoms with Crippen molar-refractivity contribution in [1.29, 1.82) is 0 Å². The summed E-state index contributed by atoms with van der Waals surface area (Å²) in [6, 6.07) is 18.4. The van der Waals surface area contributed by atoms with Crippen LogP contribution in [0.4, 0.5) is 0 Å². The summed E-state index contributed by atoms with van der Waals surface area (Å²) in [7, 11) is 1.73. The molecule has 0 saturated carbocycles.